The van der Waals surface area contributed by atoms with E-state index >= 15 is 0 Å². The Labute approximate surface area is 188 Å². The zero-order valence-corrected chi connectivity index (χ0v) is 18.1. The Hall–Kier alpha value is -4.47. The lowest BCUT2D eigenvalue weighted by Crippen LogP contribution is -2.44. The molecule has 0 aliphatic heterocycles. The van der Waals surface area contributed by atoms with Gasteiger partial charge in [0.15, 0.2) is 17.5 Å². The molecule has 3 rings (SSSR count). The Kier molecular flexibility index (Phi) is 7.19. The number of anilines is 3. The van der Waals surface area contributed by atoms with E-state index in [2.05, 4.69) is 36.2 Å². The number of halogens is 1. The summed E-state index contributed by atoms with van der Waals surface area (Å²) in [5, 5.41) is 34.4. The van der Waals surface area contributed by atoms with Crippen molar-refractivity contribution in [1.29, 1.82) is 5.26 Å². The summed E-state index contributed by atoms with van der Waals surface area (Å²) in [7, 11) is 1.47. The van der Waals surface area contributed by atoms with E-state index in [0.29, 0.717) is 23.7 Å². The number of hydrogen-bond acceptors (Lipinski definition) is 9. The zero-order chi connectivity index (χ0) is 24.0. The van der Waals surface area contributed by atoms with Crippen LogP contribution in [-0.4, -0.2) is 55.4 Å². The van der Waals surface area contributed by atoms with E-state index in [4.69, 9.17) is 9.84 Å². The van der Waals surface area contributed by atoms with Gasteiger partial charge < -0.3 is 25.8 Å². The summed E-state index contributed by atoms with van der Waals surface area (Å²) < 4.78 is 21.3. The lowest BCUT2D eigenvalue weighted by molar-refractivity contribution is 0.188. The molecule has 0 fully saturated rings. The molecular weight excluding hydrogens is 433 g/mol. The van der Waals surface area contributed by atoms with Crippen molar-refractivity contribution >= 4 is 23.4 Å². The summed E-state index contributed by atoms with van der Waals surface area (Å²) in [6, 6.07) is 3.66. The number of methoxy groups -OCH3 is 1. The predicted octanol–water partition coefficient (Wildman–Crippen LogP) is 2.67. The van der Waals surface area contributed by atoms with E-state index < -0.39 is 24.0 Å². The number of ether oxygens (including phenoxy) is 1. The van der Waals surface area contributed by atoms with E-state index in [1.54, 1.807) is 26.1 Å². The van der Waals surface area contributed by atoms with Gasteiger partial charge in [-0.05, 0) is 25.5 Å². The van der Waals surface area contributed by atoms with Crippen LogP contribution < -0.4 is 20.7 Å². The van der Waals surface area contributed by atoms with E-state index in [1.165, 1.54) is 24.2 Å². The highest BCUT2D eigenvalue weighted by atomic mass is 19.1. The standard InChI is InChI=1S/C20H22FN9O3/c1-4-15(27-20(31)32)11(2)25-18-14(21)7-12(9-22)17(28-18)26-13-8-16(19(33-3)23-10-13)30-6-5-24-29-30/h5-8,10-11,15,27H,4H2,1-3H3,(H,31,32)(H2,25,26,28)/t11-,15+/m1/s1. The van der Waals surface area contributed by atoms with Crippen LogP contribution in [0, 0.1) is 17.1 Å². The average Bonchev–Trinajstić information content (AvgIpc) is 3.34. The molecule has 0 saturated carbocycles. The molecule has 12 nitrogen and oxygen atoms in total. The highest BCUT2D eigenvalue weighted by molar-refractivity contribution is 5.67. The molecule has 0 unspecified atom stereocenters. The molecule has 2 atom stereocenters. The van der Waals surface area contributed by atoms with Gasteiger partial charge in [0.05, 0.1) is 43.0 Å². The minimum Gasteiger partial charge on any atom is -0.479 e. The number of carboxylic acid groups (broad SMARTS) is 1. The highest BCUT2D eigenvalue weighted by Crippen LogP contribution is 2.27. The molecule has 13 heteroatoms. The fraction of sp³-hybridized carbons (Fsp3) is 0.300. The molecule has 0 aliphatic rings. The largest absolute Gasteiger partial charge is 0.479 e. The third-order valence-electron chi connectivity index (χ3n) is 4.77. The third-order valence-corrected chi connectivity index (χ3v) is 4.77. The summed E-state index contributed by atoms with van der Waals surface area (Å²) in [6.07, 6.45) is 3.87. The fourth-order valence-electron chi connectivity index (χ4n) is 3.13. The number of nitrogens with zero attached hydrogens (tertiary/aromatic N) is 6. The molecule has 172 valence electrons. The van der Waals surface area contributed by atoms with E-state index in [0.717, 1.165) is 6.07 Å². The molecule has 33 heavy (non-hydrogen) atoms. The Morgan fingerprint density at radius 2 is 2.18 bits per heavy atom. The Morgan fingerprint density at radius 3 is 2.79 bits per heavy atom. The topological polar surface area (TPSA) is 163 Å². The Morgan fingerprint density at radius 1 is 1.39 bits per heavy atom. The molecule has 0 aliphatic carbocycles. The first-order valence-corrected chi connectivity index (χ1v) is 9.90. The Bertz CT molecular complexity index is 1160. The quantitative estimate of drug-likeness (QED) is 0.377. The highest BCUT2D eigenvalue weighted by Gasteiger charge is 2.21. The number of rotatable bonds is 9. The van der Waals surface area contributed by atoms with Gasteiger partial charge in [-0.2, -0.15) is 5.26 Å². The van der Waals surface area contributed by atoms with Crippen LogP contribution in [-0.2, 0) is 0 Å². The Balaban J connectivity index is 1.92. The van der Waals surface area contributed by atoms with Crippen LogP contribution in [0.15, 0.2) is 30.7 Å². The first-order chi connectivity index (χ1) is 15.9. The van der Waals surface area contributed by atoms with Gasteiger partial charge >= 0.3 is 6.09 Å². The van der Waals surface area contributed by atoms with Crippen LogP contribution in [0.25, 0.3) is 5.69 Å². The van der Waals surface area contributed by atoms with Gasteiger partial charge in [0.1, 0.15) is 11.8 Å². The summed E-state index contributed by atoms with van der Waals surface area (Å²) >= 11 is 0. The van der Waals surface area contributed by atoms with Crippen LogP contribution >= 0.6 is 0 Å². The van der Waals surface area contributed by atoms with Gasteiger partial charge in [-0.25, -0.2) is 23.8 Å². The van der Waals surface area contributed by atoms with Gasteiger partial charge in [-0.15, -0.1) is 5.10 Å². The average molecular weight is 455 g/mol. The molecule has 0 bridgehead atoms. The first kappa shape index (κ1) is 23.2. The number of carbonyl (C=O) groups is 1. The minimum atomic E-state index is -1.18. The van der Waals surface area contributed by atoms with Gasteiger partial charge in [0.2, 0.25) is 5.88 Å². The number of nitriles is 1. The van der Waals surface area contributed by atoms with Crippen LogP contribution in [0.3, 0.4) is 0 Å². The van der Waals surface area contributed by atoms with Crippen molar-refractivity contribution in [3.63, 3.8) is 0 Å². The van der Waals surface area contributed by atoms with Crippen LogP contribution in [0.1, 0.15) is 25.8 Å². The van der Waals surface area contributed by atoms with Crippen molar-refractivity contribution < 1.29 is 19.0 Å². The molecule has 3 aromatic heterocycles. The van der Waals surface area contributed by atoms with Crippen LogP contribution in [0.2, 0.25) is 0 Å². The smallest absolute Gasteiger partial charge is 0.404 e. The minimum absolute atomic E-state index is 0.0282. The molecule has 0 saturated heterocycles. The summed E-state index contributed by atoms with van der Waals surface area (Å²) in [5.41, 5.74) is 0.896. The molecule has 0 spiro atoms. The summed E-state index contributed by atoms with van der Waals surface area (Å²) in [5.74, 6) is -0.492. The lowest BCUT2D eigenvalue weighted by atomic mass is 10.1. The second kappa shape index (κ2) is 10.2. The normalized spacial score (nSPS) is 12.3. The number of nitrogens with one attached hydrogen (secondary N) is 3. The lowest BCUT2D eigenvalue weighted by Gasteiger charge is -2.24. The van der Waals surface area contributed by atoms with Gasteiger partial charge in [-0.3, -0.25) is 0 Å². The van der Waals surface area contributed by atoms with Crippen molar-refractivity contribution in [3.05, 3.63) is 42.1 Å². The monoisotopic (exact) mass is 455 g/mol. The molecule has 0 aromatic carbocycles. The van der Waals surface area contributed by atoms with Crippen LogP contribution in [0.5, 0.6) is 5.88 Å². The zero-order valence-electron chi connectivity index (χ0n) is 18.1. The van der Waals surface area contributed by atoms with Gasteiger partial charge in [0, 0.05) is 6.04 Å². The number of hydrogen-bond donors (Lipinski definition) is 4. The van der Waals surface area contributed by atoms with Crippen molar-refractivity contribution in [1.82, 2.24) is 30.3 Å². The molecule has 1 amide bonds. The maximum atomic E-state index is 14.6. The van der Waals surface area contributed by atoms with Gasteiger partial charge in [-0.1, -0.05) is 12.1 Å². The third kappa shape index (κ3) is 5.42. The van der Waals surface area contributed by atoms with Crippen molar-refractivity contribution in [3.8, 4) is 17.6 Å². The van der Waals surface area contributed by atoms with Crippen LogP contribution in [0.4, 0.5) is 26.5 Å². The molecule has 0 radical (unpaired) electrons. The number of aromatic nitrogens is 5. The second-order valence-corrected chi connectivity index (χ2v) is 6.95. The molecule has 3 aromatic rings. The fourth-order valence-corrected chi connectivity index (χ4v) is 3.13. The van der Waals surface area contributed by atoms with Crippen molar-refractivity contribution in [2.75, 3.05) is 17.7 Å². The van der Waals surface area contributed by atoms with Crippen molar-refractivity contribution in [2.45, 2.75) is 32.4 Å². The number of amides is 1. The maximum absolute atomic E-state index is 14.6. The first-order valence-electron chi connectivity index (χ1n) is 9.90. The molecule has 3 heterocycles. The molecule has 4 N–H and O–H groups in total. The predicted molar refractivity (Wildman–Crippen MR) is 116 cm³/mol. The second-order valence-electron chi connectivity index (χ2n) is 6.95. The van der Waals surface area contributed by atoms with Gasteiger partial charge in [0.25, 0.3) is 0 Å². The van der Waals surface area contributed by atoms with E-state index in [9.17, 15) is 14.4 Å². The summed E-state index contributed by atoms with van der Waals surface area (Å²) in [6.45, 7) is 3.51. The number of pyridine rings is 2. The molecular formula is C20H22FN9O3. The summed E-state index contributed by atoms with van der Waals surface area (Å²) in [4.78, 5) is 19.4. The van der Waals surface area contributed by atoms with Crippen molar-refractivity contribution in [2.24, 2.45) is 0 Å². The van der Waals surface area contributed by atoms with E-state index in [-0.39, 0.29) is 17.2 Å². The SMILES string of the molecule is CC[C@H](NC(=O)O)[C@@H](C)Nc1nc(Nc2cnc(OC)c(-n3ccnn3)c2)c(C#N)cc1F. The maximum Gasteiger partial charge on any atom is 0.404 e. The van der Waals surface area contributed by atoms with E-state index in [1.807, 2.05) is 6.07 Å².